The summed E-state index contributed by atoms with van der Waals surface area (Å²) in [7, 11) is 0. The fourth-order valence-corrected chi connectivity index (χ4v) is 4.49. The molecule has 0 radical (unpaired) electrons. The van der Waals surface area contributed by atoms with Gasteiger partial charge in [-0.05, 0) is 36.1 Å². The number of amides is 1. The lowest BCUT2D eigenvalue weighted by atomic mass is 10.1. The average molecular weight is 397 g/mol. The molecule has 0 unspecified atom stereocenters. The van der Waals surface area contributed by atoms with Crippen LogP contribution in [0.1, 0.15) is 24.6 Å². The zero-order chi connectivity index (χ0) is 18.6. The molecule has 0 bridgehead atoms. The van der Waals surface area contributed by atoms with E-state index < -0.39 is 0 Å². The smallest absolute Gasteiger partial charge is 0.276 e. The van der Waals surface area contributed by atoms with E-state index in [9.17, 15) is 4.79 Å². The Morgan fingerprint density at radius 2 is 2.19 bits per heavy atom. The minimum Gasteiger partial charge on any atom is -0.298 e. The standard InChI is InChI=1S/C20H20N4OS2/c1-2-3-12-27-20-22-19(25)18-15-8-4-5-9-16(15)21-17(24(18)23-20)11-10-14-7-6-13-26-14/h4-11,13,17H,2-3,12H2,1H3,(H,22,23,25)/b11-10+/t17-/m0/s1. The number of hydrazone groups is 1. The summed E-state index contributed by atoms with van der Waals surface area (Å²) in [6, 6.07) is 11.8. The van der Waals surface area contributed by atoms with Gasteiger partial charge in [0.05, 0.1) is 5.36 Å². The van der Waals surface area contributed by atoms with Crippen molar-refractivity contribution < 1.29 is 4.79 Å². The predicted molar refractivity (Wildman–Crippen MR) is 113 cm³/mol. The molecule has 5 nitrogen and oxygen atoms in total. The van der Waals surface area contributed by atoms with Gasteiger partial charge in [-0.1, -0.05) is 49.4 Å². The molecule has 0 saturated heterocycles. The molecule has 2 aliphatic heterocycles. The van der Waals surface area contributed by atoms with Gasteiger partial charge in [0.15, 0.2) is 11.3 Å². The minimum absolute atomic E-state index is 0.124. The van der Waals surface area contributed by atoms with Gasteiger partial charge in [-0.2, -0.15) is 0 Å². The third kappa shape index (κ3) is 3.84. The van der Waals surface area contributed by atoms with Crippen molar-refractivity contribution in [2.24, 2.45) is 10.1 Å². The minimum atomic E-state index is -0.343. The number of rotatable bonds is 5. The van der Waals surface area contributed by atoms with Gasteiger partial charge in [0.1, 0.15) is 5.70 Å². The number of amidine groups is 1. The highest BCUT2D eigenvalue weighted by Gasteiger charge is 2.32. The lowest BCUT2D eigenvalue weighted by molar-refractivity contribution is -0.116. The largest absolute Gasteiger partial charge is 0.298 e. The number of thiophene rings is 1. The monoisotopic (exact) mass is 396 g/mol. The van der Waals surface area contributed by atoms with Crippen LogP contribution in [0.4, 0.5) is 0 Å². The maximum absolute atomic E-state index is 12.9. The van der Waals surface area contributed by atoms with Gasteiger partial charge < -0.3 is 0 Å². The highest BCUT2D eigenvalue weighted by atomic mass is 32.2. The second-order valence-corrected chi connectivity index (χ2v) is 8.25. The molecule has 1 amide bonds. The summed E-state index contributed by atoms with van der Waals surface area (Å²) in [5.74, 6) is 0.809. The van der Waals surface area contributed by atoms with Crippen molar-refractivity contribution in [3.05, 3.63) is 63.3 Å². The zero-order valence-electron chi connectivity index (χ0n) is 15.0. The summed E-state index contributed by atoms with van der Waals surface area (Å²) in [4.78, 5) is 18.8. The second kappa shape index (κ2) is 8.10. The molecule has 0 aliphatic carbocycles. The quantitative estimate of drug-likeness (QED) is 0.791. The van der Waals surface area contributed by atoms with Crippen LogP contribution in [0.2, 0.25) is 0 Å². The van der Waals surface area contributed by atoms with Crippen molar-refractivity contribution in [1.29, 1.82) is 0 Å². The Balaban J connectivity index is 1.74. The summed E-state index contributed by atoms with van der Waals surface area (Å²) in [5.41, 5.74) is 0.557. The molecule has 7 heteroatoms. The summed E-state index contributed by atoms with van der Waals surface area (Å²) in [6.45, 7) is 2.15. The molecule has 1 aromatic carbocycles. The van der Waals surface area contributed by atoms with E-state index in [1.807, 2.05) is 47.9 Å². The maximum Gasteiger partial charge on any atom is 0.276 e. The van der Waals surface area contributed by atoms with Crippen LogP contribution in [0.5, 0.6) is 0 Å². The Kier molecular flexibility index (Phi) is 5.40. The van der Waals surface area contributed by atoms with E-state index in [0.29, 0.717) is 10.9 Å². The first-order chi connectivity index (χ1) is 13.3. The van der Waals surface area contributed by atoms with Crippen LogP contribution >= 0.6 is 23.1 Å². The number of para-hydroxylation sites is 1. The van der Waals surface area contributed by atoms with Crippen LogP contribution in [0.15, 0.2) is 57.9 Å². The summed E-state index contributed by atoms with van der Waals surface area (Å²) >= 11 is 3.25. The zero-order valence-corrected chi connectivity index (χ0v) is 16.6. The number of fused-ring (bicyclic) bond motifs is 2. The third-order valence-corrected chi connectivity index (χ3v) is 6.04. The Morgan fingerprint density at radius 3 is 3.00 bits per heavy atom. The molecule has 4 rings (SSSR count). The highest BCUT2D eigenvalue weighted by Crippen LogP contribution is 2.22. The Bertz CT molecular complexity index is 1010. The number of carbonyl (C=O) groups excluding carboxylic acids is 1. The number of hydrogen-bond acceptors (Lipinski definition) is 6. The number of nitrogens with zero attached hydrogens (tertiary/aromatic N) is 3. The first-order valence-electron chi connectivity index (χ1n) is 8.97. The van der Waals surface area contributed by atoms with E-state index in [1.54, 1.807) is 28.1 Å². The normalized spacial score (nSPS) is 18.6. The van der Waals surface area contributed by atoms with Gasteiger partial charge in [-0.25, -0.2) is 5.01 Å². The average Bonchev–Trinajstić information content (AvgIpc) is 3.20. The molecule has 1 N–H and O–H groups in total. The summed E-state index contributed by atoms with van der Waals surface area (Å²) in [5, 5.41) is 13.7. The van der Waals surface area contributed by atoms with Crippen molar-refractivity contribution >= 4 is 45.9 Å². The van der Waals surface area contributed by atoms with E-state index >= 15 is 0 Å². The van der Waals surface area contributed by atoms with Gasteiger partial charge in [-0.3, -0.25) is 15.1 Å². The molecular formula is C20H20N4OS2. The van der Waals surface area contributed by atoms with Crippen molar-refractivity contribution in [3.63, 3.8) is 0 Å². The van der Waals surface area contributed by atoms with Crippen molar-refractivity contribution in [2.45, 2.75) is 25.9 Å². The molecule has 0 spiro atoms. The van der Waals surface area contributed by atoms with Crippen LogP contribution < -0.4 is 15.9 Å². The molecule has 27 heavy (non-hydrogen) atoms. The van der Waals surface area contributed by atoms with Crippen LogP contribution in [-0.4, -0.2) is 28.0 Å². The van der Waals surface area contributed by atoms with E-state index in [0.717, 1.165) is 34.0 Å². The van der Waals surface area contributed by atoms with Gasteiger partial charge in [-0.15, -0.1) is 16.4 Å². The van der Waals surface area contributed by atoms with E-state index in [1.165, 1.54) is 0 Å². The maximum atomic E-state index is 12.9. The van der Waals surface area contributed by atoms with Gasteiger partial charge >= 0.3 is 0 Å². The molecule has 0 fully saturated rings. The fourth-order valence-electron chi connectivity index (χ4n) is 2.92. The molecular weight excluding hydrogens is 376 g/mol. The Hall–Kier alpha value is -2.38. The van der Waals surface area contributed by atoms with Gasteiger partial charge in [0.2, 0.25) is 0 Å². The first kappa shape index (κ1) is 18.0. The SMILES string of the molecule is CCCCSC1=NN2C(=c3ccccc3=N[C@@H]2/C=C/c2cccs2)C(=O)N1. The predicted octanol–water partition coefficient (Wildman–Crippen LogP) is 2.77. The van der Waals surface area contributed by atoms with Crippen molar-refractivity contribution in [3.8, 4) is 0 Å². The number of carbonyl (C=O) groups is 1. The number of nitrogens with one attached hydrogen (secondary N) is 1. The molecule has 138 valence electrons. The topological polar surface area (TPSA) is 57.1 Å². The number of thioether (sulfide) groups is 1. The molecule has 1 atom stereocenters. The lowest BCUT2D eigenvalue weighted by Gasteiger charge is -2.32. The van der Waals surface area contributed by atoms with Crippen LogP contribution in [0, 0.1) is 0 Å². The van der Waals surface area contributed by atoms with Crippen molar-refractivity contribution in [1.82, 2.24) is 10.3 Å². The van der Waals surface area contributed by atoms with Gasteiger partial charge in [0.25, 0.3) is 5.91 Å². The molecule has 1 aromatic heterocycles. The Morgan fingerprint density at radius 1 is 1.30 bits per heavy atom. The van der Waals surface area contributed by atoms with E-state index in [-0.39, 0.29) is 12.1 Å². The highest BCUT2D eigenvalue weighted by molar-refractivity contribution is 8.13. The summed E-state index contributed by atoms with van der Waals surface area (Å²) < 4.78 is 0. The molecule has 0 saturated carbocycles. The third-order valence-electron chi connectivity index (χ3n) is 4.26. The van der Waals surface area contributed by atoms with Gasteiger partial charge in [0, 0.05) is 15.8 Å². The molecule has 2 aliphatic rings. The number of hydrogen-bond donors (Lipinski definition) is 1. The lowest BCUT2D eigenvalue weighted by Crippen LogP contribution is -2.52. The van der Waals surface area contributed by atoms with Crippen molar-refractivity contribution in [2.75, 3.05) is 5.75 Å². The van der Waals surface area contributed by atoms with Crippen LogP contribution in [0.25, 0.3) is 11.8 Å². The number of benzene rings is 1. The van der Waals surface area contributed by atoms with Crippen LogP contribution in [0.3, 0.4) is 0 Å². The fraction of sp³-hybridized carbons (Fsp3) is 0.250. The number of unbranched alkanes of at least 4 members (excludes halogenated alkanes) is 1. The Labute approximate surface area is 166 Å². The molecule has 3 heterocycles. The van der Waals surface area contributed by atoms with E-state index in [2.05, 4.69) is 18.3 Å². The van der Waals surface area contributed by atoms with Crippen LogP contribution in [-0.2, 0) is 4.79 Å². The van der Waals surface area contributed by atoms with E-state index in [4.69, 9.17) is 10.1 Å². The first-order valence-corrected chi connectivity index (χ1v) is 10.8. The summed E-state index contributed by atoms with van der Waals surface area (Å²) in [6.07, 6.45) is 5.90. The second-order valence-electron chi connectivity index (χ2n) is 6.19. The molecule has 2 aromatic rings.